The van der Waals surface area contributed by atoms with Crippen LogP contribution in [0.4, 0.5) is 0 Å². The van der Waals surface area contributed by atoms with E-state index in [0.717, 1.165) is 10.0 Å². The average Bonchev–Trinajstić information content (AvgIpc) is 2.26. The van der Waals surface area contributed by atoms with Gasteiger partial charge in [-0.1, -0.05) is 28.1 Å². The topological polar surface area (TPSA) is 52.3 Å². The molecule has 1 aromatic rings. The predicted octanol–water partition coefficient (Wildman–Crippen LogP) is 1.75. The van der Waals surface area contributed by atoms with E-state index >= 15 is 0 Å². The molecule has 0 bridgehead atoms. The van der Waals surface area contributed by atoms with Gasteiger partial charge in [0.1, 0.15) is 12.6 Å². The van der Waals surface area contributed by atoms with Crippen molar-refractivity contribution in [1.82, 2.24) is 0 Å². The molecule has 0 saturated carbocycles. The van der Waals surface area contributed by atoms with Gasteiger partial charge in [0.25, 0.3) is 0 Å². The molecular formula is C10H12BrNO2S. The minimum Gasteiger partial charge on any atom is -0.460 e. The highest BCUT2D eigenvalue weighted by Gasteiger charge is 2.12. The Labute approximate surface area is 103 Å². The Morgan fingerprint density at radius 3 is 2.60 bits per heavy atom. The molecule has 2 N–H and O–H groups in total. The van der Waals surface area contributed by atoms with Crippen LogP contribution in [0.5, 0.6) is 0 Å². The minimum absolute atomic E-state index is 0.244. The molecule has 15 heavy (non-hydrogen) atoms. The molecule has 0 radical (unpaired) electrons. The van der Waals surface area contributed by atoms with Gasteiger partial charge in [-0.05, 0) is 17.7 Å². The van der Waals surface area contributed by atoms with E-state index in [1.807, 2.05) is 24.3 Å². The molecule has 0 heterocycles. The average molecular weight is 290 g/mol. The van der Waals surface area contributed by atoms with E-state index < -0.39 is 12.0 Å². The number of benzene rings is 1. The number of rotatable bonds is 4. The molecule has 0 aliphatic heterocycles. The van der Waals surface area contributed by atoms with E-state index in [9.17, 15) is 4.79 Å². The van der Waals surface area contributed by atoms with E-state index in [-0.39, 0.29) is 6.61 Å². The fourth-order valence-corrected chi connectivity index (χ4v) is 1.33. The molecule has 0 amide bonds. The highest BCUT2D eigenvalue weighted by atomic mass is 79.9. The third kappa shape index (κ3) is 4.24. The normalized spacial score (nSPS) is 12.2. The van der Waals surface area contributed by atoms with Crippen molar-refractivity contribution in [3.63, 3.8) is 0 Å². The summed E-state index contributed by atoms with van der Waals surface area (Å²) in [5, 5.41) is 0. The molecule has 0 fully saturated rings. The summed E-state index contributed by atoms with van der Waals surface area (Å²) < 4.78 is 5.98. The summed E-state index contributed by atoms with van der Waals surface area (Å²) in [6.07, 6.45) is 0. The van der Waals surface area contributed by atoms with Crippen LogP contribution < -0.4 is 5.73 Å². The van der Waals surface area contributed by atoms with Gasteiger partial charge in [0.05, 0.1) is 0 Å². The van der Waals surface area contributed by atoms with Crippen LogP contribution in [0.25, 0.3) is 0 Å². The molecule has 0 saturated heterocycles. The summed E-state index contributed by atoms with van der Waals surface area (Å²) in [5.74, 6) is -0.132. The van der Waals surface area contributed by atoms with Gasteiger partial charge in [-0.15, -0.1) is 0 Å². The Morgan fingerprint density at radius 1 is 1.47 bits per heavy atom. The van der Waals surface area contributed by atoms with Gasteiger partial charge >= 0.3 is 5.97 Å². The lowest BCUT2D eigenvalue weighted by molar-refractivity contribution is -0.145. The SMILES string of the molecule is N[C@@H](CS)C(=O)OCc1ccc(Br)cc1. The first-order valence-corrected chi connectivity index (χ1v) is 5.83. The van der Waals surface area contributed by atoms with Crippen LogP contribution >= 0.6 is 28.6 Å². The lowest BCUT2D eigenvalue weighted by atomic mass is 10.2. The Balaban J connectivity index is 2.43. The number of nitrogens with two attached hydrogens (primary N) is 1. The zero-order chi connectivity index (χ0) is 11.3. The minimum atomic E-state index is -0.649. The fraction of sp³-hybridized carbons (Fsp3) is 0.300. The molecule has 1 atom stereocenters. The maximum absolute atomic E-state index is 11.2. The van der Waals surface area contributed by atoms with Crippen molar-refractivity contribution >= 4 is 34.5 Å². The van der Waals surface area contributed by atoms with Gasteiger partial charge in [0.2, 0.25) is 0 Å². The van der Waals surface area contributed by atoms with Gasteiger partial charge in [-0.25, -0.2) is 0 Å². The van der Waals surface area contributed by atoms with Crippen LogP contribution in [0, 0.1) is 0 Å². The second kappa shape index (κ2) is 6.15. The smallest absolute Gasteiger partial charge is 0.324 e. The molecule has 0 aliphatic rings. The lowest BCUT2D eigenvalue weighted by Gasteiger charge is -2.08. The first kappa shape index (κ1) is 12.5. The number of hydrogen-bond acceptors (Lipinski definition) is 4. The van der Waals surface area contributed by atoms with Gasteiger partial charge < -0.3 is 10.5 Å². The molecule has 82 valence electrons. The third-order valence-corrected chi connectivity index (χ3v) is 2.72. The van der Waals surface area contributed by atoms with Crippen LogP contribution in [0.2, 0.25) is 0 Å². The second-order valence-electron chi connectivity index (χ2n) is 3.02. The Kier molecular flexibility index (Phi) is 5.14. The molecule has 3 nitrogen and oxygen atoms in total. The summed E-state index contributed by atoms with van der Waals surface area (Å²) >= 11 is 7.24. The van der Waals surface area contributed by atoms with Gasteiger partial charge in [0.15, 0.2) is 0 Å². The predicted molar refractivity (Wildman–Crippen MR) is 65.8 cm³/mol. The van der Waals surface area contributed by atoms with Crippen molar-refractivity contribution in [3.8, 4) is 0 Å². The summed E-state index contributed by atoms with van der Waals surface area (Å²) in [6, 6.07) is 6.89. The lowest BCUT2D eigenvalue weighted by Crippen LogP contribution is -2.33. The summed E-state index contributed by atoms with van der Waals surface area (Å²) in [4.78, 5) is 11.2. The number of ether oxygens (including phenoxy) is 1. The van der Waals surface area contributed by atoms with Crippen molar-refractivity contribution in [1.29, 1.82) is 0 Å². The first-order valence-electron chi connectivity index (χ1n) is 4.41. The molecule has 0 aliphatic carbocycles. The Hall–Kier alpha value is -0.520. The van der Waals surface area contributed by atoms with Crippen LogP contribution in [0.15, 0.2) is 28.7 Å². The summed E-state index contributed by atoms with van der Waals surface area (Å²) in [5.41, 5.74) is 6.37. The third-order valence-electron chi connectivity index (χ3n) is 1.79. The molecule has 0 unspecified atom stereocenters. The van der Waals surface area contributed by atoms with Gasteiger partial charge in [-0.3, -0.25) is 4.79 Å². The maximum Gasteiger partial charge on any atom is 0.324 e. The number of hydrogen-bond donors (Lipinski definition) is 2. The second-order valence-corrected chi connectivity index (χ2v) is 4.30. The van der Waals surface area contributed by atoms with E-state index in [4.69, 9.17) is 10.5 Å². The van der Waals surface area contributed by atoms with Crippen LogP contribution in [0.3, 0.4) is 0 Å². The molecular weight excluding hydrogens is 278 g/mol. The maximum atomic E-state index is 11.2. The van der Waals surface area contributed by atoms with E-state index in [1.165, 1.54) is 0 Å². The standard InChI is InChI=1S/C10H12BrNO2S/c11-8-3-1-7(2-4-8)5-14-10(13)9(12)6-15/h1-4,9,15H,5-6,12H2/t9-/m0/s1. The summed E-state index contributed by atoms with van der Waals surface area (Å²) in [7, 11) is 0. The highest BCUT2D eigenvalue weighted by Crippen LogP contribution is 2.11. The van der Waals surface area contributed by atoms with Crippen molar-refractivity contribution in [2.75, 3.05) is 5.75 Å². The van der Waals surface area contributed by atoms with Crippen LogP contribution in [-0.4, -0.2) is 17.8 Å². The monoisotopic (exact) mass is 289 g/mol. The first-order chi connectivity index (χ1) is 7.13. The van der Waals surface area contributed by atoms with Crippen molar-refractivity contribution in [2.24, 2.45) is 5.73 Å². The number of carbonyl (C=O) groups is 1. The zero-order valence-electron chi connectivity index (χ0n) is 8.02. The van der Waals surface area contributed by atoms with Crippen molar-refractivity contribution < 1.29 is 9.53 Å². The van der Waals surface area contributed by atoms with Crippen molar-refractivity contribution in [3.05, 3.63) is 34.3 Å². The fourth-order valence-electron chi connectivity index (χ4n) is 0.917. The van der Waals surface area contributed by atoms with Gasteiger partial charge in [-0.2, -0.15) is 12.6 Å². The van der Waals surface area contributed by atoms with E-state index in [0.29, 0.717) is 5.75 Å². The number of halogens is 1. The zero-order valence-corrected chi connectivity index (χ0v) is 10.5. The highest BCUT2D eigenvalue weighted by molar-refractivity contribution is 9.10. The van der Waals surface area contributed by atoms with Crippen molar-refractivity contribution in [2.45, 2.75) is 12.6 Å². The molecule has 5 heteroatoms. The molecule has 1 aromatic carbocycles. The number of thiol groups is 1. The molecule has 0 aromatic heterocycles. The molecule has 0 spiro atoms. The van der Waals surface area contributed by atoms with Gasteiger partial charge in [0, 0.05) is 10.2 Å². The summed E-state index contributed by atoms with van der Waals surface area (Å²) in [6.45, 7) is 0.244. The Bertz CT molecular complexity index is 329. The number of esters is 1. The largest absolute Gasteiger partial charge is 0.460 e. The van der Waals surface area contributed by atoms with E-state index in [2.05, 4.69) is 28.6 Å². The molecule has 1 rings (SSSR count). The quantitative estimate of drug-likeness (QED) is 0.656. The Morgan fingerprint density at radius 2 is 2.07 bits per heavy atom. The van der Waals surface area contributed by atoms with Crippen LogP contribution in [0.1, 0.15) is 5.56 Å². The van der Waals surface area contributed by atoms with Crippen LogP contribution in [-0.2, 0) is 16.1 Å². The number of carbonyl (C=O) groups excluding carboxylic acids is 1. The van der Waals surface area contributed by atoms with E-state index in [1.54, 1.807) is 0 Å².